The topological polar surface area (TPSA) is 59.1 Å². The first-order chi connectivity index (χ1) is 10.8. The van der Waals surface area contributed by atoms with Gasteiger partial charge in [-0.1, -0.05) is 6.92 Å². The second kappa shape index (κ2) is 6.12. The van der Waals surface area contributed by atoms with Crippen LogP contribution in [0, 0.1) is 11.3 Å². The van der Waals surface area contributed by atoms with Gasteiger partial charge in [0.05, 0.1) is 0 Å². The van der Waals surface area contributed by atoms with E-state index in [-0.39, 0.29) is 17.6 Å². The molecule has 6 heteroatoms. The van der Waals surface area contributed by atoms with Gasteiger partial charge in [-0.15, -0.1) is 0 Å². The molecule has 2 rings (SSSR count). The molecule has 0 aliphatic carbocycles. The number of ether oxygens (including phenoxy) is 2. The SMILES string of the molecule is CC(C)(C)OC(=O)N1CC[C@@H]2CN(C(=O)OC(C)(C)C)C[C@]2(C)C1. The van der Waals surface area contributed by atoms with Gasteiger partial charge in [0.1, 0.15) is 11.2 Å². The Morgan fingerprint density at radius 3 is 1.88 bits per heavy atom. The third kappa shape index (κ3) is 4.54. The summed E-state index contributed by atoms with van der Waals surface area (Å²) < 4.78 is 11.0. The van der Waals surface area contributed by atoms with Crippen LogP contribution in [0.3, 0.4) is 0 Å². The van der Waals surface area contributed by atoms with Crippen molar-refractivity contribution in [2.75, 3.05) is 26.2 Å². The van der Waals surface area contributed by atoms with Gasteiger partial charge in [-0.2, -0.15) is 0 Å². The molecule has 2 saturated heterocycles. The number of hydrogen-bond acceptors (Lipinski definition) is 4. The molecule has 6 nitrogen and oxygen atoms in total. The molecule has 0 aromatic heterocycles. The summed E-state index contributed by atoms with van der Waals surface area (Å²) in [5, 5.41) is 0. The summed E-state index contributed by atoms with van der Waals surface area (Å²) in [6, 6.07) is 0. The molecule has 0 saturated carbocycles. The standard InChI is InChI=1S/C18H32N2O4/c1-16(2,3)23-14(21)19-9-8-13-10-20(12-18(13,7)11-19)15(22)24-17(4,5)6/h13H,8-12H2,1-7H3/t13-,18+/m1/s1. The molecule has 0 spiro atoms. The Hall–Kier alpha value is -1.46. The van der Waals surface area contributed by atoms with Gasteiger partial charge in [0, 0.05) is 31.6 Å². The fourth-order valence-electron chi connectivity index (χ4n) is 3.51. The first-order valence-electron chi connectivity index (χ1n) is 8.75. The van der Waals surface area contributed by atoms with Gasteiger partial charge >= 0.3 is 12.2 Å². The lowest BCUT2D eigenvalue weighted by Crippen LogP contribution is -2.50. The normalized spacial score (nSPS) is 27.7. The fourth-order valence-corrected chi connectivity index (χ4v) is 3.51. The van der Waals surface area contributed by atoms with Crippen molar-refractivity contribution in [3.8, 4) is 0 Å². The molecule has 138 valence electrons. The van der Waals surface area contributed by atoms with Crippen molar-refractivity contribution >= 4 is 12.2 Å². The molecule has 2 atom stereocenters. The molecule has 2 aliphatic rings. The molecule has 0 aromatic carbocycles. The van der Waals surface area contributed by atoms with Crippen molar-refractivity contribution in [2.45, 2.75) is 66.1 Å². The Bertz CT molecular complexity index is 480. The molecule has 2 heterocycles. The van der Waals surface area contributed by atoms with Crippen molar-refractivity contribution in [3.63, 3.8) is 0 Å². The van der Waals surface area contributed by atoms with Crippen LogP contribution in [0.4, 0.5) is 9.59 Å². The second-order valence-electron chi connectivity index (χ2n) is 9.40. The van der Waals surface area contributed by atoms with Gasteiger partial charge < -0.3 is 19.3 Å². The number of carbonyl (C=O) groups is 2. The largest absolute Gasteiger partial charge is 0.444 e. The summed E-state index contributed by atoms with van der Waals surface area (Å²) in [4.78, 5) is 28.3. The van der Waals surface area contributed by atoms with Crippen LogP contribution in [-0.2, 0) is 9.47 Å². The number of rotatable bonds is 0. The van der Waals surface area contributed by atoms with Crippen LogP contribution in [0.1, 0.15) is 54.9 Å². The minimum atomic E-state index is -0.493. The van der Waals surface area contributed by atoms with Crippen LogP contribution in [0.2, 0.25) is 0 Å². The summed E-state index contributed by atoms with van der Waals surface area (Å²) in [5.41, 5.74) is -1.09. The van der Waals surface area contributed by atoms with Crippen molar-refractivity contribution < 1.29 is 19.1 Å². The number of carbonyl (C=O) groups excluding carboxylic acids is 2. The van der Waals surface area contributed by atoms with Crippen LogP contribution in [0.25, 0.3) is 0 Å². The van der Waals surface area contributed by atoms with Crippen molar-refractivity contribution in [3.05, 3.63) is 0 Å². The van der Waals surface area contributed by atoms with Crippen LogP contribution in [0.15, 0.2) is 0 Å². The van der Waals surface area contributed by atoms with Gasteiger partial charge in [-0.3, -0.25) is 0 Å². The molecule has 0 unspecified atom stereocenters. The highest BCUT2D eigenvalue weighted by Gasteiger charge is 2.49. The first-order valence-corrected chi connectivity index (χ1v) is 8.75. The van der Waals surface area contributed by atoms with Gasteiger partial charge in [0.25, 0.3) is 0 Å². The number of fused-ring (bicyclic) bond motifs is 1. The number of likely N-dealkylation sites (tertiary alicyclic amines) is 2. The zero-order valence-corrected chi connectivity index (χ0v) is 16.1. The molecule has 0 aromatic rings. The number of amides is 2. The predicted octanol–water partition coefficient (Wildman–Crippen LogP) is 3.50. The minimum absolute atomic E-state index is 0.105. The van der Waals surface area contributed by atoms with Gasteiger partial charge in [0.15, 0.2) is 0 Å². The summed E-state index contributed by atoms with van der Waals surface area (Å²) in [5.74, 6) is 0.392. The number of hydrogen-bond donors (Lipinski definition) is 0. The summed E-state index contributed by atoms with van der Waals surface area (Å²) in [6.07, 6.45) is 0.356. The molecule has 2 amide bonds. The van der Waals surface area contributed by atoms with E-state index in [1.165, 1.54) is 0 Å². The quantitative estimate of drug-likeness (QED) is 0.677. The molecular formula is C18H32N2O4. The molecular weight excluding hydrogens is 308 g/mol. The summed E-state index contributed by atoms with van der Waals surface area (Å²) >= 11 is 0. The lowest BCUT2D eigenvalue weighted by molar-refractivity contribution is 0.000818. The van der Waals surface area contributed by atoms with E-state index in [0.29, 0.717) is 32.1 Å². The highest BCUT2D eigenvalue weighted by atomic mass is 16.6. The molecule has 2 aliphatic heterocycles. The average Bonchev–Trinajstić information content (AvgIpc) is 2.71. The average molecular weight is 340 g/mol. The van der Waals surface area contributed by atoms with Gasteiger partial charge in [-0.25, -0.2) is 9.59 Å². The van der Waals surface area contributed by atoms with Gasteiger partial charge in [-0.05, 0) is 53.9 Å². The highest BCUT2D eigenvalue weighted by Crippen LogP contribution is 2.42. The molecule has 0 bridgehead atoms. The Balaban J connectivity index is 2.00. The number of nitrogens with zero attached hydrogens (tertiary/aromatic N) is 2. The van der Waals surface area contributed by atoms with E-state index in [1.807, 2.05) is 41.5 Å². The van der Waals surface area contributed by atoms with Crippen molar-refractivity contribution in [1.29, 1.82) is 0 Å². The lowest BCUT2D eigenvalue weighted by Gasteiger charge is -2.41. The second-order valence-corrected chi connectivity index (χ2v) is 9.40. The van der Waals surface area contributed by atoms with E-state index >= 15 is 0 Å². The van der Waals surface area contributed by atoms with E-state index in [1.54, 1.807) is 9.80 Å². The summed E-state index contributed by atoms with van der Waals surface area (Å²) in [6.45, 7) is 16.0. The predicted molar refractivity (Wildman–Crippen MR) is 91.8 cm³/mol. The smallest absolute Gasteiger partial charge is 0.410 e. The first kappa shape index (κ1) is 18.9. The van der Waals surface area contributed by atoms with Crippen LogP contribution >= 0.6 is 0 Å². The third-order valence-corrected chi connectivity index (χ3v) is 4.58. The zero-order valence-electron chi connectivity index (χ0n) is 16.1. The van der Waals surface area contributed by atoms with Gasteiger partial charge in [0.2, 0.25) is 0 Å². The third-order valence-electron chi connectivity index (χ3n) is 4.58. The Labute approximate surface area is 145 Å². The summed E-state index contributed by atoms with van der Waals surface area (Å²) in [7, 11) is 0. The van der Waals surface area contributed by atoms with Crippen LogP contribution < -0.4 is 0 Å². The van der Waals surface area contributed by atoms with Crippen molar-refractivity contribution in [2.24, 2.45) is 11.3 Å². The van der Waals surface area contributed by atoms with Crippen molar-refractivity contribution in [1.82, 2.24) is 9.80 Å². The van der Waals surface area contributed by atoms with Crippen LogP contribution in [0.5, 0.6) is 0 Å². The van der Waals surface area contributed by atoms with E-state index < -0.39 is 11.2 Å². The Morgan fingerprint density at radius 2 is 1.38 bits per heavy atom. The van der Waals surface area contributed by atoms with E-state index in [9.17, 15) is 9.59 Å². The number of piperidine rings is 1. The molecule has 0 N–H and O–H groups in total. The fraction of sp³-hybridized carbons (Fsp3) is 0.889. The van der Waals surface area contributed by atoms with E-state index in [4.69, 9.17) is 9.47 Å². The maximum atomic E-state index is 12.3. The Kier molecular flexibility index (Phi) is 4.81. The zero-order chi connectivity index (χ0) is 18.3. The molecule has 0 radical (unpaired) electrons. The van der Waals surface area contributed by atoms with Crippen LogP contribution in [-0.4, -0.2) is 59.4 Å². The van der Waals surface area contributed by atoms with E-state index in [2.05, 4.69) is 6.92 Å². The van der Waals surface area contributed by atoms with E-state index in [0.717, 1.165) is 6.42 Å². The lowest BCUT2D eigenvalue weighted by atomic mass is 9.75. The Morgan fingerprint density at radius 1 is 0.917 bits per heavy atom. The minimum Gasteiger partial charge on any atom is -0.444 e. The maximum absolute atomic E-state index is 12.3. The molecule has 2 fully saturated rings. The highest BCUT2D eigenvalue weighted by molar-refractivity contribution is 5.70. The maximum Gasteiger partial charge on any atom is 0.410 e. The molecule has 24 heavy (non-hydrogen) atoms. The monoisotopic (exact) mass is 340 g/mol.